The van der Waals surface area contributed by atoms with Gasteiger partial charge in [-0.1, -0.05) is 29.3 Å². The molecule has 3 nitrogen and oxygen atoms in total. The van der Waals surface area contributed by atoms with E-state index >= 15 is 0 Å². The molecule has 2 aromatic rings. The standard InChI is InChI=1S/C19H21Cl2NO2/c1-23-18-9-14-11-22(12-15(14)10-19(18)24-2)7-3-4-13-5-6-16(20)17(21)8-13/h5-6,8-10H,3-4,7,11-12H2,1-2H3. The zero-order valence-corrected chi connectivity index (χ0v) is 15.5. The quantitative estimate of drug-likeness (QED) is 0.721. The van der Waals surface area contributed by atoms with Crippen molar-refractivity contribution in [1.82, 2.24) is 4.90 Å². The fraction of sp³-hybridized carbons (Fsp3) is 0.368. The smallest absolute Gasteiger partial charge is 0.161 e. The zero-order valence-electron chi connectivity index (χ0n) is 13.9. The zero-order chi connectivity index (χ0) is 17.1. The van der Waals surface area contributed by atoms with Gasteiger partial charge in [0.1, 0.15) is 0 Å². The van der Waals surface area contributed by atoms with Crippen LogP contribution in [0.1, 0.15) is 23.1 Å². The van der Waals surface area contributed by atoms with Crippen molar-refractivity contribution in [3.8, 4) is 11.5 Å². The fourth-order valence-electron chi connectivity index (χ4n) is 3.16. The van der Waals surface area contributed by atoms with Crippen LogP contribution in [0.2, 0.25) is 10.0 Å². The number of rotatable bonds is 6. The summed E-state index contributed by atoms with van der Waals surface area (Å²) in [7, 11) is 3.35. The molecular formula is C19H21Cl2NO2. The minimum Gasteiger partial charge on any atom is -0.493 e. The summed E-state index contributed by atoms with van der Waals surface area (Å²) < 4.78 is 10.8. The molecule has 1 heterocycles. The first-order valence-corrected chi connectivity index (χ1v) is 8.76. The second kappa shape index (κ2) is 7.64. The predicted molar refractivity (Wildman–Crippen MR) is 98.4 cm³/mol. The molecule has 0 saturated heterocycles. The van der Waals surface area contributed by atoms with E-state index in [1.165, 1.54) is 16.7 Å². The summed E-state index contributed by atoms with van der Waals surface area (Å²) in [4.78, 5) is 2.45. The summed E-state index contributed by atoms with van der Waals surface area (Å²) in [6.45, 7) is 2.95. The Morgan fingerprint density at radius 2 is 1.54 bits per heavy atom. The Hall–Kier alpha value is -1.42. The number of aryl methyl sites for hydroxylation is 1. The van der Waals surface area contributed by atoms with Gasteiger partial charge in [-0.2, -0.15) is 0 Å². The van der Waals surface area contributed by atoms with Gasteiger partial charge in [0.15, 0.2) is 11.5 Å². The van der Waals surface area contributed by atoms with Gasteiger partial charge < -0.3 is 9.47 Å². The lowest BCUT2D eigenvalue weighted by Crippen LogP contribution is -2.18. The summed E-state index contributed by atoms with van der Waals surface area (Å²) in [5.41, 5.74) is 3.87. The lowest BCUT2D eigenvalue weighted by atomic mass is 10.1. The van der Waals surface area contributed by atoms with Crippen LogP contribution in [0.25, 0.3) is 0 Å². The van der Waals surface area contributed by atoms with E-state index in [4.69, 9.17) is 32.7 Å². The van der Waals surface area contributed by atoms with E-state index in [1.807, 2.05) is 18.2 Å². The van der Waals surface area contributed by atoms with Gasteiger partial charge >= 0.3 is 0 Å². The fourth-order valence-corrected chi connectivity index (χ4v) is 3.48. The van der Waals surface area contributed by atoms with Crippen molar-refractivity contribution >= 4 is 23.2 Å². The second-order valence-corrected chi connectivity index (χ2v) is 6.85. The van der Waals surface area contributed by atoms with E-state index in [-0.39, 0.29) is 0 Å². The molecule has 0 N–H and O–H groups in total. The number of nitrogens with zero attached hydrogens (tertiary/aromatic N) is 1. The van der Waals surface area contributed by atoms with Gasteiger partial charge in [0.2, 0.25) is 0 Å². The predicted octanol–water partition coefficient (Wildman–Crippen LogP) is 4.96. The Morgan fingerprint density at radius 3 is 2.08 bits per heavy atom. The number of fused-ring (bicyclic) bond motifs is 1. The summed E-state index contributed by atoms with van der Waals surface area (Å²) in [6, 6.07) is 10.0. The average molecular weight is 366 g/mol. The molecule has 0 aromatic heterocycles. The van der Waals surface area contributed by atoms with Gasteiger partial charge in [0.05, 0.1) is 24.3 Å². The van der Waals surface area contributed by atoms with Crippen LogP contribution in [0.3, 0.4) is 0 Å². The minimum atomic E-state index is 0.610. The molecule has 2 aromatic carbocycles. The van der Waals surface area contributed by atoms with Gasteiger partial charge in [0, 0.05) is 13.1 Å². The van der Waals surface area contributed by atoms with E-state index in [0.29, 0.717) is 10.0 Å². The van der Waals surface area contributed by atoms with Crippen LogP contribution >= 0.6 is 23.2 Å². The van der Waals surface area contributed by atoms with Gasteiger partial charge in [-0.3, -0.25) is 4.90 Å². The minimum absolute atomic E-state index is 0.610. The van der Waals surface area contributed by atoms with Gasteiger partial charge in [-0.15, -0.1) is 0 Å². The Labute approximate surface area is 153 Å². The van der Waals surface area contributed by atoms with Crippen LogP contribution in [-0.2, 0) is 19.5 Å². The van der Waals surface area contributed by atoms with Crippen molar-refractivity contribution in [3.05, 3.63) is 57.1 Å². The number of benzene rings is 2. The lowest BCUT2D eigenvalue weighted by Gasteiger charge is -2.14. The third-order valence-corrected chi connectivity index (χ3v) is 5.16. The van der Waals surface area contributed by atoms with Crippen LogP contribution in [0.15, 0.2) is 30.3 Å². The van der Waals surface area contributed by atoms with Crippen LogP contribution in [0.4, 0.5) is 0 Å². The Morgan fingerprint density at radius 1 is 0.917 bits per heavy atom. The number of ether oxygens (including phenoxy) is 2. The van der Waals surface area contributed by atoms with Crippen LogP contribution in [-0.4, -0.2) is 25.7 Å². The second-order valence-electron chi connectivity index (χ2n) is 6.04. The van der Waals surface area contributed by atoms with Crippen molar-refractivity contribution in [2.75, 3.05) is 20.8 Å². The largest absolute Gasteiger partial charge is 0.493 e. The molecule has 0 unspecified atom stereocenters. The van der Waals surface area contributed by atoms with E-state index in [2.05, 4.69) is 17.0 Å². The van der Waals surface area contributed by atoms with Gasteiger partial charge in [-0.25, -0.2) is 0 Å². The molecule has 0 fully saturated rings. The van der Waals surface area contributed by atoms with Crippen molar-refractivity contribution in [1.29, 1.82) is 0 Å². The molecule has 128 valence electrons. The molecule has 0 amide bonds. The number of halogens is 2. The third kappa shape index (κ3) is 3.80. The van der Waals surface area contributed by atoms with Crippen molar-refractivity contribution in [2.45, 2.75) is 25.9 Å². The van der Waals surface area contributed by atoms with Crippen LogP contribution in [0.5, 0.6) is 11.5 Å². The highest BCUT2D eigenvalue weighted by atomic mass is 35.5. The van der Waals surface area contributed by atoms with E-state index < -0.39 is 0 Å². The first-order chi connectivity index (χ1) is 11.6. The molecule has 0 bridgehead atoms. The Kier molecular flexibility index (Phi) is 5.54. The number of hydrogen-bond donors (Lipinski definition) is 0. The molecule has 3 rings (SSSR count). The summed E-state index contributed by atoms with van der Waals surface area (Å²) in [5, 5.41) is 1.24. The molecule has 0 saturated carbocycles. The highest BCUT2D eigenvalue weighted by Crippen LogP contribution is 2.35. The topological polar surface area (TPSA) is 21.7 Å². The monoisotopic (exact) mass is 365 g/mol. The summed E-state index contributed by atoms with van der Waals surface area (Å²) >= 11 is 12.0. The maximum atomic E-state index is 6.07. The highest BCUT2D eigenvalue weighted by Gasteiger charge is 2.21. The molecule has 1 aliphatic heterocycles. The third-order valence-electron chi connectivity index (χ3n) is 4.42. The van der Waals surface area contributed by atoms with Gasteiger partial charge in [-0.05, 0) is 60.3 Å². The molecule has 5 heteroatoms. The Bertz CT molecular complexity index is 701. The van der Waals surface area contributed by atoms with E-state index in [0.717, 1.165) is 44.0 Å². The molecule has 0 atom stereocenters. The molecule has 0 radical (unpaired) electrons. The van der Waals surface area contributed by atoms with Crippen LogP contribution in [0, 0.1) is 0 Å². The normalized spacial score (nSPS) is 13.8. The number of methoxy groups -OCH3 is 2. The van der Waals surface area contributed by atoms with Crippen molar-refractivity contribution < 1.29 is 9.47 Å². The molecule has 24 heavy (non-hydrogen) atoms. The van der Waals surface area contributed by atoms with E-state index in [9.17, 15) is 0 Å². The average Bonchev–Trinajstić information content (AvgIpc) is 2.98. The SMILES string of the molecule is COc1cc2c(cc1OC)CN(CCCc1ccc(Cl)c(Cl)c1)C2. The molecule has 0 aliphatic carbocycles. The summed E-state index contributed by atoms with van der Waals surface area (Å²) in [5.74, 6) is 1.60. The van der Waals surface area contributed by atoms with Crippen molar-refractivity contribution in [2.24, 2.45) is 0 Å². The first-order valence-electron chi connectivity index (χ1n) is 8.00. The first kappa shape index (κ1) is 17.4. The summed E-state index contributed by atoms with van der Waals surface area (Å²) in [6.07, 6.45) is 2.08. The Balaban J connectivity index is 1.57. The maximum Gasteiger partial charge on any atom is 0.161 e. The number of hydrogen-bond acceptors (Lipinski definition) is 3. The molecule has 0 spiro atoms. The highest BCUT2D eigenvalue weighted by molar-refractivity contribution is 6.42. The lowest BCUT2D eigenvalue weighted by molar-refractivity contribution is 0.280. The molecule has 1 aliphatic rings. The van der Waals surface area contributed by atoms with Gasteiger partial charge in [0.25, 0.3) is 0 Å². The maximum absolute atomic E-state index is 6.07. The molecular weight excluding hydrogens is 345 g/mol. The van der Waals surface area contributed by atoms with Crippen molar-refractivity contribution in [3.63, 3.8) is 0 Å². The van der Waals surface area contributed by atoms with E-state index in [1.54, 1.807) is 14.2 Å². The van der Waals surface area contributed by atoms with Crippen LogP contribution < -0.4 is 9.47 Å².